The Morgan fingerprint density at radius 2 is 1.85 bits per heavy atom. The summed E-state index contributed by atoms with van der Waals surface area (Å²) in [5, 5.41) is 19.2. The number of nitrogens with zero attached hydrogens (tertiary/aromatic N) is 5. The van der Waals surface area contributed by atoms with Crippen molar-refractivity contribution < 1.29 is 10.2 Å². The summed E-state index contributed by atoms with van der Waals surface area (Å²) in [5.74, 6) is 1.34. The van der Waals surface area contributed by atoms with Crippen LogP contribution in [0.1, 0.15) is 82.6 Å². The minimum atomic E-state index is -0.160. The van der Waals surface area contributed by atoms with Gasteiger partial charge in [-0.25, -0.2) is 9.97 Å². The first-order valence-corrected chi connectivity index (χ1v) is 14.1. The highest BCUT2D eigenvalue weighted by Crippen LogP contribution is 2.30. The Bertz CT molecular complexity index is 1200. The van der Waals surface area contributed by atoms with Crippen LogP contribution in [-0.2, 0) is 19.8 Å². The maximum absolute atomic E-state index is 9.84. The van der Waals surface area contributed by atoms with Gasteiger partial charge in [0.15, 0.2) is 5.82 Å². The first-order chi connectivity index (χ1) is 18.7. The Hall–Kier alpha value is -3.07. The molecule has 1 unspecified atom stereocenters. The van der Waals surface area contributed by atoms with Crippen molar-refractivity contribution in [2.45, 2.75) is 81.1 Å². The predicted molar refractivity (Wildman–Crippen MR) is 165 cm³/mol. The SMILES string of the molecule is C=C/C(=C\c1nc(N)c2nc(CO)n(CC(C)CC)c2c1C)c1cncc(CO)c1.CC.CCCN(C)CC. The Morgan fingerprint density at radius 3 is 2.36 bits per heavy atom. The molecule has 0 amide bonds. The summed E-state index contributed by atoms with van der Waals surface area (Å²) in [6.45, 7) is 21.5. The van der Waals surface area contributed by atoms with E-state index in [4.69, 9.17) is 5.73 Å². The van der Waals surface area contributed by atoms with E-state index in [-0.39, 0.29) is 13.2 Å². The first-order valence-electron chi connectivity index (χ1n) is 14.1. The van der Waals surface area contributed by atoms with Crippen LogP contribution in [0.5, 0.6) is 0 Å². The fraction of sp³-hybridized carbons (Fsp3) is 0.516. The third-order valence-electron chi connectivity index (χ3n) is 6.57. The van der Waals surface area contributed by atoms with Crippen molar-refractivity contribution in [1.82, 2.24) is 24.4 Å². The zero-order valence-electron chi connectivity index (χ0n) is 25.3. The second kappa shape index (κ2) is 17.5. The largest absolute Gasteiger partial charge is 0.392 e. The van der Waals surface area contributed by atoms with Gasteiger partial charge in [0.2, 0.25) is 0 Å². The van der Waals surface area contributed by atoms with Crippen LogP contribution in [0.4, 0.5) is 5.82 Å². The molecule has 0 radical (unpaired) electrons. The molecule has 3 aromatic heterocycles. The van der Waals surface area contributed by atoms with Crippen LogP contribution in [0.25, 0.3) is 22.7 Å². The molecule has 8 heteroatoms. The molecule has 0 aliphatic rings. The number of aryl methyl sites for hydroxylation is 1. The molecule has 3 aromatic rings. The van der Waals surface area contributed by atoms with Crippen LogP contribution < -0.4 is 5.73 Å². The standard InChI is InChI=1S/C23H29N5O2.C6H15N.C2H6/c1-5-14(3)11-28-20(13-30)27-21-22(28)15(4)19(26-23(21)24)8-17(6-2)18-7-16(12-29)9-25-10-18;1-4-6-7(3)5-2;1-2/h6-10,14,29-30H,2,5,11-13H2,1,3-4H3,(H2,24,26);4-6H2,1-3H3;1-2H3/b17-8+;;. The summed E-state index contributed by atoms with van der Waals surface area (Å²) in [5.41, 5.74) is 11.8. The van der Waals surface area contributed by atoms with Crippen LogP contribution in [0.15, 0.2) is 31.1 Å². The van der Waals surface area contributed by atoms with Crippen molar-refractivity contribution in [2.75, 3.05) is 25.9 Å². The topological polar surface area (TPSA) is 113 Å². The fourth-order valence-corrected chi connectivity index (χ4v) is 4.02. The number of aliphatic hydroxyl groups excluding tert-OH is 2. The number of imidazole rings is 1. The number of nitrogens with two attached hydrogens (primary N) is 1. The minimum Gasteiger partial charge on any atom is -0.392 e. The minimum absolute atomic E-state index is 0.0832. The van der Waals surface area contributed by atoms with Crippen molar-refractivity contribution in [3.05, 3.63) is 59.3 Å². The lowest BCUT2D eigenvalue weighted by Gasteiger charge is -2.15. The Kier molecular flexibility index (Phi) is 15.2. The highest BCUT2D eigenvalue weighted by molar-refractivity contribution is 5.94. The van der Waals surface area contributed by atoms with Gasteiger partial charge < -0.3 is 25.4 Å². The average molecular weight is 539 g/mol. The molecule has 0 aliphatic carbocycles. The molecule has 3 heterocycles. The Labute approximate surface area is 235 Å². The molecule has 0 bridgehead atoms. The number of allylic oxidation sites excluding steroid dienone is 2. The van der Waals surface area contributed by atoms with E-state index >= 15 is 0 Å². The van der Waals surface area contributed by atoms with Gasteiger partial charge in [-0.05, 0) is 62.7 Å². The smallest absolute Gasteiger partial charge is 0.152 e. The number of pyridine rings is 2. The number of hydrogen-bond acceptors (Lipinski definition) is 7. The van der Waals surface area contributed by atoms with Crippen LogP contribution in [0, 0.1) is 12.8 Å². The Balaban J connectivity index is 0.000000735. The Morgan fingerprint density at radius 1 is 1.15 bits per heavy atom. The number of rotatable bonds is 11. The van der Waals surface area contributed by atoms with Crippen LogP contribution in [0.3, 0.4) is 0 Å². The third-order valence-corrected chi connectivity index (χ3v) is 6.57. The molecule has 0 aromatic carbocycles. The average Bonchev–Trinajstić information content (AvgIpc) is 3.34. The predicted octanol–water partition coefficient (Wildman–Crippen LogP) is 5.85. The molecule has 0 saturated carbocycles. The van der Waals surface area contributed by atoms with Crippen molar-refractivity contribution in [1.29, 1.82) is 0 Å². The molecule has 0 aliphatic heterocycles. The second-order valence-corrected chi connectivity index (χ2v) is 9.45. The van der Waals surface area contributed by atoms with Gasteiger partial charge in [-0.3, -0.25) is 4.98 Å². The zero-order valence-corrected chi connectivity index (χ0v) is 25.3. The van der Waals surface area contributed by atoms with Crippen molar-refractivity contribution in [2.24, 2.45) is 5.92 Å². The molecular weight excluding hydrogens is 488 g/mol. The van der Waals surface area contributed by atoms with Gasteiger partial charge >= 0.3 is 0 Å². The molecule has 39 heavy (non-hydrogen) atoms. The third kappa shape index (κ3) is 9.27. The number of aliphatic hydroxyl groups is 2. The van der Waals surface area contributed by atoms with Gasteiger partial charge in [0.1, 0.15) is 17.9 Å². The van der Waals surface area contributed by atoms with E-state index in [9.17, 15) is 10.2 Å². The molecule has 0 fully saturated rings. The van der Waals surface area contributed by atoms with Crippen molar-refractivity contribution in [3.63, 3.8) is 0 Å². The van der Waals surface area contributed by atoms with E-state index in [0.29, 0.717) is 28.8 Å². The van der Waals surface area contributed by atoms with Crippen molar-refractivity contribution >= 4 is 28.5 Å². The normalized spacial score (nSPS) is 12.0. The fourth-order valence-electron chi connectivity index (χ4n) is 4.02. The van der Waals surface area contributed by atoms with Gasteiger partial charge in [0.05, 0.1) is 17.8 Å². The van der Waals surface area contributed by atoms with Crippen LogP contribution in [0.2, 0.25) is 0 Å². The van der Waals surface area contributed by atoms with E-state index < -0.39 is 0 Å². The molecule has 1 atom stereocenters. The molecule has 216 valence electrons. The van der Waals surface area contributed by atoms with Crippen LogP contribution in [-0.4, -0.2) is 54.8 Å². The number of fused-ring (bicyclic) bond motifs is 1. The number of aromatic nitrogens is 4. The quantitative estimate of drug-likeness (QED) is 0.263. The monoisotopic (exact) mass is 538 g/mol. The van der Waals surface area contributed by atoms with Gasteiger partial charge in [-0.15, -0.1) is 0 Å². The molecule has 4 N–H and O–H groups in total. The highest BCUT2D eigenvalue weighted by Gasteiger charge is 2.19. The molecule has 8 nitrogen and oxygen atoms in total. The maximum atomic E-state index is 9.84. The van der Waals surface area contributed by atoms with Gasteiger partial charge in [0.25, 0.3) is 0 Å². The lowest BCUT2D eigenvalue weighted by molar-refractivity contribution is 0.263. The summed E-state index contributed by atoms with van der Waals surface area (Å²) in [6, 6.07) is 1.87. The van der Waals surface area contributed by atoms with Crippen molar-refractivity contribution in [3.8, 4) is 0 Å². The summed E-state index contributed by atoms with van der Waals surface area (Å²) in [4.78, 5) is 15.6. The molecule has 0 saturated heterocycles. The molecule has 3 rings (SSSR count). The number of nitrogen functional groups attached to an aromatic ring is 1. The first kappa shape index (κ1) is 34.0. The zero-order chi connectivity index (χ0) is 29.5. The summed E-state index contributed by atoms with van der Waals surface area (Å²) in [6.07, 6.45) is 9.28. The lowest BCUT2D eigenvalue weighted by atomic mass is 10.0. The van der Waals surface area contributed by atoms with E-state index in [1.165, 1.54) is 19.5 Å². The number of hydrogen-bond donors (Lipinski definition) is 3. The summed E-state index contributed by atoms with van der Waals surface area (Å²) < 4.78 is 2.05. The molecule has 0 spiro atoms. The number of anilines is 1. The summed E-state index contributed by atoms with van der Waals surface area (Å²) >= 11 is 0. The van der Waals surface area contributed by atoms with E-state index in [1.807, 2.05) is 32.9 Å². The highest BCUT2D eigenvalue weighted by atomic mass is 16.3. The van der Waals surface area contributed by atoms with Crippen LogP contribution >= 0.6 is 0 Å². The summed E-state index contributed by atoms with van der Waals surface area (Å²) in [7, 11) is 2.14. The maximum Gasteiger partial charge on any atom is 0.152 e. The van der Waals surface area contributed by atoms with Gasteiger partial charge in [-0.2, -0.15) is 0 Å². The van der Waals surface area contributed by atoms with Gasteiger partial charge in [0, 0.05) is 30.1 Å². The van der Waals surface area contributed by atoms with Gasteiger partial charge in [-0.1, -0.05) is 60.6 Å². The van der Waals surface area contributed by atoms with E-state index in [2.05, 4.69) is 65.7 Å². The molecular formula is C31H50N6O2. The van der Waals surface area contributed by atoms with E-state index in [1.54, 1.807) is 18.5 Å². The lowest BCUT2D eigenvalue weighted by Crippen LogP contribution is -2.17. The van der Waals surface area contributed by atoms with E-state index in [0.717, 1.165) is 40.7 Å². The second-order valence-electron chi connectivity index (χ2n) is 9.45.